The number of esters is 1. The van der Waals surface area contributed by atoms with Gasteiger partial charge in [0.2, 0.25) is 0 Å². The minimum atomic E-state index is -0.500. The lowest BCUT2D eigenvalue weighted by Gasteiger charge is -2.22. The van der Waals surface area contributed by atoms with E-state index < -0.39 is 5.97 Å². The number of pyridine rings is 1. The minimum Gasteiger partial charge on any atom is -0.461 e. The van der Waals surface area contributed by atoms with Crippen LogP contribution in [0.25, 0.3) is 0 Å². The Morgan fingerprint density at radius 3 is 2.65 bits per heavy atom. The molecule has 1 aliphatic rings. The van der Waals surface area contributed by atoms with Crippen molar-refractivity contribution in [2.24, 2.45) is 0 Å². The number of hydrogen-bond acceptors (Lipinski definition) is 4. The van der Waals surface area contributed by atoms with Gasteiger partial charge in [-0.1, -0.05) is 25.3 Å². The van der Waals surface area contributed by atoms with Crippen molar-refractivity contribution in [2.75, 3.05) is 6.61 Å². The number of amides is 1. The molecule has 1 amide bonds. The van der Waals surface area contributed by atoms with Crippen LogP contribution in [0.3, 0.4) is 0 Å². The number of nitrogens with one attached hydrogen (secondary N) is 1. The lowest BCUT2D eigenvalue weighted by atomic mass is 9.95. The topological polar surface area (TPSA) is 68.3 Å². The summed E-state index contributed by atoms with van der Waals surface area (Å²) >= 11 is 0. The Balaban J connectivity index is 2.02. The molecular formula is C15H20N2O3. The highest BCUT2D eigenvalue weighted by atomic mass is 16.5. The summed E-state index contributed by atoms with van der Waals surface area (Å²) in [5.74, 6) is -0.720. The summed E-state index contributed by atoms with van der Waals surface area (Å²) in [6.45, 7) is 2.02. The van der Waals surface area contributed by atoms with Gasteiger partial charge in [-0.2, -0.15) is 0 Å². The van der Waals surface area contributed by atoms with E-state index in [0.717, 1.165) is 25.7 Å². The fourth-order valence-electron chi connectivity index (χ4n) is 2.39. The van der Waals surface area contributed by atoms with Gasteiger partial charge < -0.3 is 10.1 Å². The number of carbonyl (C=O) groups is 2. The average molecular weight is 276 g/mol. The van der Waals surface area contributed by atoms with Crippen LogP contribution in [0.4, 0.5) is 0 Å². The maximum atomic E-state index is 12.1. The van der Waals surface area contributed by atoms with Gasteiger partial charge in [0.25, 0.3) is 5.91 Å². The van der Waals surface area contributed by atoms with Gasteiger partial charge in [-0.15, -0.1) is 0 Å². The second-order valence-electron chi connectivity index (χ2n) is 4.94. The van der Waals surface area contributed by atoms with Gasteiger partial charge >= 0.3 is 5.97 Å². The molecule has 0 aliphatic heterocycles. The summed E-state index contributed by atoms with van der Waals surface area (Å²) in [6.07, 6.45) is 5.58. The zero-order chi connectivity index (χ0) is 14.4. The van der Waals surface area contributed by atoms with E-state index >= 15 is 0 Å². The SMILES string of the molecule is CCOC(=O)c1cccc(C(=O)NC2CCCCC2)n1. The summed E-state index contributed by atoms with van der Waals surface area (Å²) in [6, 6.07) is 5.04. The first-order valence-corrected chi connectivity index (χ1v) is 7.15. The third kappa shape index (κ3) is 3.79. The van der Waals surface area contributed by atoms with Crippen LogP contribution in [0.1, 0.15) is 60.0 Å². The van der Waals surface area contributed by atoms with E-state index in [1.54, 1.807) is 25.1 Å². The van der Waals surface area contributed by atoms with Crippen LogP contribution in [0.5, 0.6) is 0 Å². The van der Waals surface area contributed by atoms with Crippen molar-refractivity contribution in [1.29, 1.82) is 0 Å². The third-order valence-electron chi connectivity index (χ3n) is 3.41. The van der Waals surface area contributed by atoms with E-state index in [0.29, 0.717) is 6.61 Å². The van der Waals surface area contributed by atoms with Gasteiger partial charge in [0, 0.05) is 6.04 Å². The van der Waals surface area contributed by atoms with Crippen LogP contribution in [0.2, 0.25) is 0 Å². The van der Waals surface area contributed by atoms with E-state index in [1.165, 1.54) is 6.42 Å². The number of nitrogens with zero attached hydrogens (tertiary/aromatic N) is 1. The standard InChI is InChI=1S/C15H20N2O3/c1-2-20-15(19)13-10-6-9-12(17-13)14(18)16-11-7-4-3-5-8-11/h6,9-11H,2-5,7-8H2,1H3,(H,16,18). The normalized spacial score (nSPS) is 15.7. The fourth-order valence-corrected chi connectivity index (χ4v) is 2.39. The molecule has 0 radical (unpaired) electrons. The predicted octanol–water partition coefficient (Wildman–Crippen LogP) is 2.32. The van der Waals surface area contributed by atoms with Crippen LogP contribution < -0.4 is 5.32 Å². The smallest absolute Gasteiger partial charge is 0.356 e. The monoisotopic (exact) mass is 276 g/mol. The summed E-state index contributed by atoms with van der Waals surface area (Å²) < 4.78 is 4.88. The van der Waals surface area contributed by atoms with E-state index in [2.05, 4.69) is 10.3 Å². The highest BCUT2D eigenvalue weighted by Gasteiger charge is 2.18. The van der Waals surface area contributed by atoms with Crippen molar-refractivity contribution in [3.05, 3.63) is 29.6 Å². The lowest BCUT2D eigenvalue weighted by molar-refractivity contribution is 0.0519. The van der Waals surface area contributed by atoms with Crippen LogP contribution >= 0.6 is 0 Å². The molecule has 5 nitrogen and oxygen atoms in total. The molecule has 108 valence electrons. The number of ether oxygens (including phenoxy) is 1. The van der Waals surface area contributed by atoms with Gasteiger partial charge in [0.1, 0.15) is 11.4 Å². The zero-order valence-corrected chi connectivity index (χ0v) is 11.7. The molecule has 1 aromatic rings. The first-order chi connectivity index (χ1) is 9.70. The molecule has 20 heavy (non-hydrogen) atoms. The number of hydrogen-bond donors (Lipinski definition) is 1. The van der Waals surface area contributed by atoms with Crippen LogP contribution in [-0.4, -0.2) is 29.5 Å². The van der Waals surface area contributed by atoms with Crippen molar-refractivity contribution < 1.29 is 14.3 Å². The van der Waals surface area contributed by atoms with Crippen LogP contribution in [0.15, 0.2) is 18.2 Å². The van der Waals surface area contributed by atoms with Crippen molar-refractivity contribution in [2.45, 2.75) is 45.1 Å². The molecule has 1 aromatic heterocycles. The Hall–Kier alpha value is -1.91. The molecule has 0 atom stereocenters. The van der Waals surface area contributed by atoms with Crippen LogP contribution in [-0.2, 0) is 4.74 Å². The maximum Gasteiger partial charge on any atom is 0.356 e. The van der Waals surface area contributed by atoms with E-state index in [-0.39, 0.29) is 23.3 Å². The van der Waals surface area contributed by atoms with Crippen molar-refractivity contribution in [3.63, 3.8) is 0 Å². The highest BCUT2D eigenvalue weighted by molar-refractivity contribution is 5.94. The highest BCUT2D eigenvalue weighted by Crippen LogP contribution is 2.17. The van der Waals surface area contributed by atoms with E-state index in [1.807, 2.05) is 0 Å². The molecule has 1 N–H and O–H groups in total. The van der Waals surface area contributed by atoms with E-state index in [4.69, 9.17) is 4.74 Å². The molecule has 5 heteroatoms. The summed E-state index contributed by atoms with van der Waals surface area (Å²) in [7, 11) is 0. The number of aromatic nitrogens is 1. The van der Waals surface area contributed by atoms with E-state index in [9.17, 15) is 9.59 Å². The largest absolute Gasteiger partial charge is 0.461 e. The summed E-state index contributed by atoms with van der Waals surface area (Å²) in [5, 5.41) is 2.98. The third-order valence-corrected chi connectivity index (χ3v) is 3.41. The Kier molecular flexibility index (Phi) is 5.09. The molecule has 0 saturated heterocycles. The predicted molar refractivity (Wildman–Crippen MR) is 74.5 cm³/mol. The van der Waals surface area contributed by atoms with Gasteiger partial charge in [-0.3, -0.25) is 4.79 Å². The molecule has 1 fully saturated rings. The Bertz CT molecular complexity index is 482. The van der Waals surface area contributed by atoms with Gasteiger partial charge in [-0.25, -0.2) is 9.78 Å². The van der Waals surface area contributed by atoms with Crippen molar-refractivity contribution in [1.82, 2.24) is 10.3 Å². The maximum absolute atomic E-state index is 12.1. The quantitative estimate of drug-likeness (QED) is 0.857. The molecule has 0 spiro atoms. The zero-order valence-electron chi connectivity index (χ0n) is 11.7. The average Bonchev–Trinajstić information content (AvgIpc) is 2.48. The van der Waals surface area contributed by atoms with Crippen LogP contribution in [0, 0.1) is 0 Å². The van der Waals surface area contributed by atoms with Crippen molar-refractivity contribution in [3.8, 4) is 0 Å². The molecule has 1 heterocycles. The number of rotatable bonds is 4. The minimum absolute atomic E-state index is 0.170. The van der Waals surface area contributed by atoms with Crippen molar-refractivity contribution >= 4 is 11.9 Å². The fraction of sp³-hybridized carbons (Fsp3) is 0.533. The Morgan fingerprint density at radius 1 is 1.25 bits per heavy atom. The molecule has 1 saturated carbocycles. The first kappa shape index (κ1) is 14.5. The molecule has 0 unspecified atom stereocenters. The van der Waals surface area contributed by atoms with Gasteiger partial charge in [0.15, 0.2) is 0 Å². The molecule has 0 bridgehead atoms. The van der Waals surface area contributed by atoms with Gasteiger partial charge in [0.05, 0.1) is 6.61 Å². The summed E-state index contributed by atoms with van der Waals surface area (Å²) in [5.41, 5.74) is 0.435. The molecule has 0 aromatic carbocycles. The second-order valence-corrected chi connectivity index (χ2v) is 4.94. The second kappa shape index (κ2) is 7.03. The lowest BCUT2D eigenvalue weighted by Crippen LogP contribution is -2.36. The Labute approximate surface area is 118 Å². The van der Waals surface area contributed by atoms with Gasteiger partial charge in [-0.05, 0) is 31.9 Å². The number of carbonyl (C=O) groups excluding carboxylic acids is 2. The first-order valence-electron chi connectivity index (χ1n) is 7.15. The molecular weight excluding hydrogens is 256 g/mol. The summed E-state index contributed by atoms with van der Waals surface area (Å²) in [4.78, 5) is 27.8. The Morgan fingerprint density at radius 2 is 1.95 bits per heavy atom. The molecule has 1 aliphatic carbocycles. The molecule has 2 rings (SSSR count).